The molecule has 1 aliphatic rings. The monoisotopic (exact) mass is 264 g/mol. The molecule has 18 heavy (non-hydrogen) atoms. The summed E-state index contributed by atoms with van der Waals surface area (Å²) in [7, 11) is 2.15. The minimum atomic E-state index is 0.0809. The van der Waals surface area contributed by atoms with E-state index in [4.69, 9.17) is 18.0 Å². The lowest BCUT2D eigenvalue weighted by molar-refractivity contribution is 0.104. The first kappa shape index (κ1) is 13.3. The zero-order valence-electron chi connectivity index (χ0n) is 10.7. The van der Waals surface area contributed by atoms with Crippen LogP contribution in [0.5, 0.6) is 0 Å². The molecule has 1 heterocycles. The lowest BCUT2D eigenvalue weighted by Gasteiger charge is -2.38. The normalized spacial score (nSPS) is 19.4. The molecule has 0 radical (unpaired) electrons. The molecule has 0 aromatic heterocycles. The molecule has 4 nitrogen and oxygen atoms in total. The van der Waals surface area contributed by atoms with Gasteiger partial charge < -0.3 is 16.0 Å². The minimum Gasteiger partial charge on any atom is -0.376 e. The van der Waals surface area contributed by atoms with Crippen molar-refractivity contribution in [2.24, 2.45) is 5.73 Å². The van der Waals surface area contributed by atoms with Gasteiger partial charge in [0.1, 0.15) is 6.17 Å². The van der Waals surface area contributed by atoms with Gasteiger partial charge in [0.15, 0.2) is 5.11 Å². The quantitative estimate of drug-likeness (QED) is 0.790. The molecular weight excluding hydrogens is 244 g/mol. The summed E-state index contributed by atoms with van der Waals surface area (Å²) in [6, 6.07) is 10.3. The molecule has 1 aromatic carbocycles. The zero-order valence-corrected chi connectivity index (χ0v) is 11.5. The predicted molar refractivity (Wildman–Crippen MR) is 78.2 cm³/mol. The van der Waals surface area contributed by atoms with Crippen LogP contribution in [-0.2, 0) is 0 Å². The lowest BCUT2D eigenvalue weighted by Crippen LogP contribution is -2.51. The first-order valence-corrected chi connectivity index (χ1v) is 6.61. The summed E-state index contributed by atoms with van der Waals surface area (Å²) in [5, 5.41) is 3.55. The average molecular weight is 264 g/mol. The van der Waals surface area contributed by atoms with Crippen LogP contribution in [0.25, 0.3) is 0 Å². The number of piperazine rings is 1. The van der Waals surface area contributed by atoms with E-state index in [2.05, 4.69) is 34.3 Å². The SMILES string of the molecule is CN1CCN(C(NC(N)=S)c2ccccc2)CC1. The standard InChI is InChI=1S/C13H20N4S/c1-16-7-9-17(10-8-16)12(15-13(14)18)11-5-3-2-4-6-11/h2-6,12H,7-10H2,1H3,(H3,14,15,18). The lowest BCUT2D eigenvalue weighted by atomic mass is 10.1. The largest absolute Gasteiger partial charge is 0.376 e. The molecule has 1 unspecified atom stereocenters. The van der Waals surface area contributed by atoms with Crippen molar-refractivity contribution in [3.63, 3.8) is 0 Å². The number of nitrogens with one attached hydrogen (secondary N) is 1. The third-order valence-corrected chi connectivity index (χ3v) is 3.42. The van der Waals surface area contributed by atoms with Gasteiger partial charge in [-0.15, -0.1) is 0 Å². The molecule has 98 valence electrons. The molecule has 0 spiro atoms. The van der Waals surface area contributed by atoms with Crippen LogP contribution in [-0.4, -0.2) is 48.1 Å². The predicted octanol–water partition coefficient (Wildman–Crippen LogP) is 0.766. The van der Waals surface area contributed by atoms with E-state index in [1.807, 2.05) is 18.2 Å². The van der Waals surface area contributed by atoms with Crippen LogP contribution in [0, 0.1) is 0 Å². The fourth-order valence-electron chi connectivity index (χ4n) is 2.24. The number of rotatable bonds is 3. The summed E-state index contributed by atoms with van der Waals surface area (Å²) in [6.45, 7) is 4.18. The van der Waals surface area contributed by atoms with E-state index in [9.17, 15) is 0 Å². The molecule has 2 rings (SSSR count). The van der Waals surface area contributed by atoms with Crippen molar-refractivity contribution in [2.75, 3.05) is 33.2 Å². The molecule has 0 bridgehead atoms. The van der Waals surface area contributed by atoms with Crippen molar-refractivity contribution in [1.82, 2.24) is 15.1 Å². The Morgan fingerprint density at radius 3 is 2.39 bits per heavy atom. The zero-order chi connectivity index (χ0) is 13.0. The molecule has 1 saturated heterocycles. The maximum absolute atomic E-state index is 5.65. The maximum atomic E-state index is 5.65. The van der Waals surface area contributed by atoms with Crippen LogP contribution in [0.4, 0.5) is 0 Å². The summed E-state index contributed by atoms with van der Waals surface area (Å²) in [5.41, 5.74) is 6.85. The van der Waals surface area contributed by atoms with Gasteiger partial charge in [-0.1, -0.05) is 30.3 Å². The Kier molecular flexibility index (Phi) is 4.52. The summed E-state index contributed by atoms with van der Waals surface area (Å²) in [6.07, 6.45) is 0.0809. The Labute approximate surface area is 114 Å². The van der Waals surface area contributed by atoms with Crippen molar-refractivity contribution in [3.8, 4) is 0 Å². The second kappa shape index (κ2) is 6.13. The van der Waals surface area contributed by atoms with Gasteiger partial charge in [-0.2, -0.15) is 0 Å². The van der Waals surface area contributed by atoms with Gasteiger partial charge >= 0.3 is 0 Å². The smallest absolute Gasteiger partial charge is 0.165 e. The van der Waals surface area contributed by atoms with Crippen LogP contribution < -0.4 is 11.1 Å². The van der Waals surface area contributed by atoms with Gasteiger partial charge in [-0.25, -0.2) is 0 Å². The summed E-state index contributed by atoms with van der Waals surface area (Å²) >= 11 is 4.99. The average Bonchev–Trinajstić information content (AvgIpc) is 2.38. The number of likely N-dealkylation sites (N-methyl/N-ethyl adjacent to an activating group) is 1. The fraction of sp³-hybridized carbons (Fsp3) is 0.462. The van der Waals surface area contributed by atoms with E-state index in [-0.39, 0.29) is 6.17 Å². The van der Waals surface area contributed by atoms with Gasteiger partial charge in [0.25, 0.3) is 0 Å². The molecule has 0 aliphatic carbocycles. The molecule has 5 heteroatoms. The summed E-state index contributed by atoms with van der Waals surface area (Å²) in [4.78, 5) is 4.72. The summed E-state index contributed by atoms with van der Waals surface area (Å²) in [5.74, 6) is 0. The first-order valence-electron chi connectivity index (χ1n) is 6.20. The van der Waals surface area contributed by atoms with Crippen LogP contribution in [0.3, 0.4) is 0 Å². The van der Waals surface area contributed by atoms with E-state index < -0.39 is 0 Å². The molecule has 0 saturated carbocycles. The van der Waals surface area contributed by atoms with Crippen LogP contribution in [0.15, 0.2) is 30.3 Å². The van der Waals surface area contributed by atoms with Crippen LogP contribution in [0.2, 0.25) is 0 Å². The third kappa shape index (κ3) is 3.41. The first-order chi connectivity index (χ1) is 8.66. The van der Waals surface area contributed by atoms with E-state index in [0.717, 1.165) is 26.2 Å². The molecule has 0 amide bonds. The molecule has 1 atom stereocenters. The van der Waals surface area contributed by atoms with Crippen LogP contribution in [0.1, 0.15) is 11.7 Å². The minimum absolute atomic E-state index is 0.0809. The Morgan fingerprint density at radius 1 is 1.22 bits per heavy atom. The maximum Gasteiger partial charge on any atom is 0.165 e. The van der Waals surface area contributed by atoms with Gasteiger partial charge in [-0.05, 0) is 24.8 Å². The van der Waals surface area contributed by atoms with Crippen molar-refractivity contribution < 1.29 is 0 Å². The summed E-state index contributed by atoms with van der Waals surface area (Å²) < 4.78 is 0. The van der Waals surface area contributed by atoms with E-state index >= 15 is 0 Å². The van der Waals surface area contributed by atoms with E-state index in [0.29, 0.717) is 5.11 Å². The van der Waals surface area contributed by atoms with E-state index in [1.165, 1.54) is 5.56 Å². The number of thiocarbonyl (C=S) groups is 1. The topological polar surface area (TPSA) is 44.5 Å². The molecule has 1 aliphatic heterocycles. The number of nitrogens with zero attached hydrogens (tertiary/aromatic N) is 2. The fourth-order valence-corrected chi connectivity index (χ4v) is 2.35. The van der Waals surface area contributed by atoms with Gasteiger partial charge in [0.2, 0.25) is 0 Å². The van der Waals surface area contributed by atoms with Gasteiger partial charge in [-0.3, -0.25) is 4.90 Å². The van der Waals surface area contributed by atoms with Gasteiger partial charge in [0, 0.05) is 26.2 Å². The van der Waals surface area contributed by atoms with Crippen molar-refractivity contribution in [2.45, 2.75) is 6.17 Å². The Bertz CT molecular complexity index is 387. The molecular formula is C13H20N4S. The van der Waals surface area contributed by atoms with Gasteiger partial charge in [0.05, 0.1) is 0 Å². The highest BCUT2D eigenvalue weighted by atomic mass is 32.1. The second-order valence-electron chi connectivity index (χ2n) is 4.66. The van der Waals surface area contributed by atoms with E-state index in [1.54, 1.807) is 0 Å². The molecule has 1 fully saturated rings. The number of nitrogens with two attached hydrogens (primary N) is 1. The molecule has 1 aromatic rings. The highest BCUT2D eigenvalue weighted by Gasteiger charge is 2.23. The highest BCUT2D eigenvalue weighted by molar-refractivity contribution is 7.80. The van der Waals surface area contributed by atoms with Crippen molar-refractivity contribution in [1.29, 1.82) is 0 Å². The third-order valence-electron chi connectivity index (χ3n) is 3.30. The van der Waals surface area contributed by atoms with Crippen molar-refractivity contribution in [3.05, 3.63) is 35.9 Å². The Morgan fingerprint density at radius 2 is 1.83 bits per heavy atom. The Balaban J connectivity index is 2.12. The number of benzene rings is 1. The Hall–Kier alpha value is -1.17. The number of hydrogen-bond acceptors (Lipinski definition) is 3. The number of hydrogen-bond donors (Lipinski definition) is 2. The highest BCUT2D eigenvalue weighted by Crippen LogP contribution is 2.19. The van der Waals surface area contributed by atoms with Crippen LogP contribution >= 0.6 is 12.2 Å². The van der Waals surface area contributed by atoms with Crippen molar-refractivity contribution >= 4 is 17.3 Å². The second-order valence-corrected chi connectivity index (χ2v) is 5.10. The molecule has 3 N–H and O–H groups in total.